The average molecular weight is 295 g/mol. The van der Waals surface area contributed by atoms with Gasteiger partial charge in [-0.2, -0.15) is 0 Å². The van der Waals surface area contributed by atoms with Crippen LogP contribution >= 0.6 is 0 Å². The van der Waals surface area contributed by atoms with Gasteiger partial charge in [0, 0.05) is 31.7 Å². The van der Waals surface area contributed by atoms with Crippen molar-refractivity contribution in [2.45, 2.75) is 32.5 Å². The minimum absolute atomic E-state index is 0.0573. The molecule has 114 valence electrons. The first-order valence-electron chi connectivity index (χ1n) is 7.64. The van der Waals surface area contributed by atoms with Gasteiger partial charge in [-0.15, -0.1) is 0 Å². The van der Waals surface area contributed by atoms with E-state index in [0.29, 0.717) is 19.4 Å². The molecule has 2 aromatic carbocycles. The summed E-state index contributed by atoms with van der Waals surface area (Å²) in [6.45, 7) is 2.45. The molecule has 3 rings (SSSR count). The number of carbonyl (C=O) groups is 1. The second-order valence-corrected chi connectivity index (χ2v) is 5.68. The quantitative estimate of drug-likeness (QED) is 0.740. The SMILES string of the molecule is Nc1ccccc1CCC(=O)NCc1ccc2c(c1)CNC2. The van der Waals surface area contributed by atoms with E-state index in [4.69, 9.17) is 5.73 Å². The molecule has 4 heteroatoms. The van der Waals surface area contributed by atoms with Crippen LogP contribution in [-0.4, -0.2) is 5.91 Å². The fourth-order valence-corrected chi connectivity index (χ4v) is 2.76. The van der Waals surface area contributed by atoms with E-state index in [2.05, 4.69) is 28.8 Å². The van der Waals surface area contributed by atoms with Crippen LogP contribution in [0.3, 0.4) is 0 Å². The first-order chi connectivity index (χ1) is 10.7. The largest absolute Gasteiger partial charge is 0.399 e. The maximum atomic E-state index is 12.0. The third-order valence-electron chi connectivity index (χ3n) is 4.07. The lowest BCUT2D eigenvalue weighted by atomic mass is 10.1. The van der Waals surface area contributed by atoms with Crippen molar-refractivity contribution >= 4 is 11.6 Å². The second-order valence-electron chi connectivity index (χ2n) is 5.68. The van der Waals surface area contributed by atoms with Crippen LogP contribution in [0.5, 0.6) is 0 Å². The highest BCUT2D eigenvalue weighted by Crippen LogP contribution is 2.17. The van der Waals surface area contributed by atoms with Crippen LogP contribution in [0.4, 0.5) is 5.69 Å². The predicted molar refractivity (Wildman–Crippen MR) is 88.0 cm³/mol. The zero-order chi connectivity index (χ0) is 15.4. The predicted octanol–water partition coefficient (Wildman–Crippen LogP) is 2.12. The van der Waals surface area contributed by atoms with Crippen molar-refractivity contribution in [2.75, 3.05) is 5.73 Å². The highest BCUT2D eigenvalue weighted by atomic mass is 16.1. The lowest BCUT2D eigenvalue weighted by Gasteiger charge is -2.08. The lowest BCUT2D eigenvalue weighted by Crippen LogP contribution is -2.23. The number of carbonyl (C=O) groups excluding carboxylic acids is 1. The van der Waals surface area contributed by atoms with Gasteiger partial charge in [0.2, 0.25) is 5.91 Å². The third-order valence-corrected chi connectivity index (χ3v) is 4.07. The number of aryl methyl sites for hydroxylation is 1. The smallest absolute Gasteiger partial charge is 0.220 e. The Bertz CT molecular complexity index is 682. The van der Waals surface area contributed by atoms with E-state index in [1.54, 1.807) is 0 Å². The molecule has 0 saturated heterocycles. The van der Waals surface area contributed by atoms with E-state index in [0.717, 1.165) is 29.9 Å². The summed E-state index contributed by atoms with van der Waals surface area (Å²) in [5.41, 5.74) is 11.5. The Morgan fingerprint density at radius 3 is 2.82 bits per heavy atom. The van der Waals surface area contributed by atoms with E-state index in [9.17, 15) is 4.79 Å². The van der Waals surface area contributed by atoms with Crippen molar-refractivity contribution in [3.05, 3.63) is 64.7 Å². The van der Waals surface area contributed by atoms with Crippen LogP contribution in [0.25, 0.3) is 0 Å². The summed E-state index contributed by atoms with van der Waals surface area (Å²) in [6, 6.07) is 14.1. The number of hydrogen-bond acceptors (Lipinski definition) is 3. The fourth-order valence-electron chi connectivity index (χ4n) is 2.76. The Hall–Kier alpha value is -2.33. The van der Waals surface area contributed by atoms with Crippen molar-refractivity contribution in [3.8, 4) is 0 Å². The summed E-state index contributed by atoms with van der Waals surface area (Å²) in [5.74, 6) is 0.0573. The van der Waals surface area contributed by atoms with Gasteiger partial charge in [0.05, 0.1) is 0 Å². The summed E-state index contributed by atoms with van der Waals surface area (Å²) in [4.78, 5) is 12.0. The topological polar surface area (TPSA) is 67.2 Å². The highest BCUT2D eigenvalue weighted by molar-refractivity contribution is 5.76. The maximum Gasteiger partial charge on any atom is 0.220 e. The number of para-hydroxylation sites is 1. The Kier molecular flexibility index (Phi) is 4.39. The minimum atomic E-state index is 0.0573. The van der Waals surface area contributed by atoms with Gasteiger partial charge in [-0.3, -0.25) is 4.79 Å². The molecule has 2 aromatic rings. The zero-order valence-electron chi connectivity index (χ0n) is 12.6. The fraction of sp³-hybridized carbons (Fsp3) is 0.278. The molecule has 0 radical (unpaired) electrons. The van der Waals surface area contributed by atoms with E-state index in [1.165, 1.54) is 11.1 Å². The number of nitrogens with one attached hydrogen (secondary N) is 2. The first kappa shape index (κ1) is 14.6. The Morgan fingerprint density at radius 1 is 1.14 bits per heavy atom. The number of nitrogen functional groups attached to an aromatic ring is 1. The molecule has 4 nitrogen and oxygen atoms in total. The van der Waals surface area contributed by atoms with Gasteiger partial charge in [-0.1, -0.05) is 36.4 Å². The van der Waals surface area contributed by atoms with Crippen LogP contribution < -0.4 is 16.4 Å². The molecule has 0 aliphatic carbocycles. The molecule has 0 spiro atoms. The standard InChI is InChI=1S/C18H21N3O/c19-17-4-2-1-3-14(17)7-8-18(22)21-10-13-5-6-15-11-20-12-16(15)9-13/h1-6,9,20H,7-8,10-12,19H2,(H,21,22). The van der Waals surface area contributed by atoms with Gasteiger partial charge in [0.15, 0.2) is 0 Å². The molecule has 0 saturated carbocycles. The first-order valence-corrected chi connectivity index (χ1v) is 7.64. The summed E-state index contributed by atoms with van der Waals surface area (Å²) in [7, 11) is 0. The molecular formula is C18H21N3O. The van der Waals surface area contributed by atoms with Gasteiger partial charge in [0.25, 0.3) is 0 Å². The van der Waals surface area contributed by atoms with Crippen molar-refractivity contribution in [1.29, 1.82) is 0 Å². The molecule has 1 amide bonds. The average Bonchev–Trinajstić information content (AvgIpc) is 2.99. The Balaban J connectivity index is 1.49. The third kappa shape index (κ3) is 3.46. The van der Waals surface area contributed by atoms with Gasteiger partial charge in [-0.25, -0.2) is 0 Å². The van der Waals surface area contributed by atoms with Crippen LogP contribution in [0.2, 0.25) is 0 Å². The zero-order valence-corrected chi connectivity index (χ0v) is 12.6. The molecule has 1 aliphatic rings. The minimum Gasteiger partial charge on any atom is -0.399 e. The second kappa shape index (κ2) is 6.62. The maximum absolute atomic E-state index is 12.0. The number of anilines is 1. The number of hydrogen-bond donors (Lipinski definition) is 3. The van der Waals surface area contributed by atoms with Crippen molar-refractivity contribution in [3.63, 3.8) is 0 Å². The van der Waals surface area contributed by atoms with Gasteiger partial charge >= 0.3 is 0 Å². The number of nitrogens with two attached hydrogens (primary N) is 1. The molecule has 1 heterocycles. The number of rotatable bonds is 5. The van der Waals surface area contributed by atoms with Crippen molar-refractivity contribution < 1.29 is 4.79 Å². The van der Waals surface area contributed by atoms with Crippen LogP contribution in [0.1, 0.15) is 28.7 Å². The molecule has 0 unspecified atom stereocenters. The Morgan fingerprint density at radius 2 is 1.95 bits per heavy atom. The molecule has 22 heavy (non-hydrogen) atoms. The molecular weight excluding hydrogens is 274 g/mol. The number of amides is 1. The lowest BCUT2D eigenvalue weighted by molar-refractivity contribution is -0.121. The van der Waals surface area contributed by atoms with Gasteiger partial charge in [0.1, 0.15) is 0 Å². The molecule has 0 aromatic heterocycles. The Labute approximate surface area is 130 Å². The molecule has 4 N–H and O–H groups in total. The van der Waals surface area contributed by atoms with Crippen molar-refractivity contribution in [1.82, 2.24) is 10.6 Å². The van der Waals surface area contributed by atoms with Crippen LogP contribution in [0.15, 0.2) is 42.5 Å². The monoisotopic (exact) mass is 295 g/mol. The molecule has 1 aliphatic heterocycles. The number of benzene rings is 2. The van der Waals surface area contributed by atoms with Crippen molar-refractivity contribution in [2.24, 2.45) is 0 Å². The summed E-state index contributed by atoms with van der Waals surface area (Å²) in [6.07, 6.45) is 1.13. The molecule has 0 atom stereocenters. The molecule has 0 bridgehead atoms. The normalized spacial score (nSPS) is 12.9. The highest BCUT2D eigenvalue weighted by Gasteiger charge is 2.10. The van der Waals surface area contributed by atoms with E-state index < -0.39 is 0 Å². The van der Waals surface area contributed by atoms with E-state index >= 15 is 0 Å². The summed E-state index contributed by atoms with van der Waals surface area (Å²) in [5, 5.41) is 6.30. The summed E-state index contributed by atoms with van der Waals surface area (Å²) >= 11 is 0. The summed E-state index contributed by atoms with van der Waals surface area (Å²) < 4.78 is 0. The van der Waals surface area contributed by atoms with E-state index in [-0.39, 0.29) is 5.91 Å². The van der Waals surface area contributed by atoms with Crippen LogP contribution in [-0.2, 0) is 30.8 Å². The number of fused-ring (bicyclic) bond motifs is 1. The van der Waals surface area contributed by atoms with Gasteiger partial charge < -0.3 is 16.4 Å². The van der Waals surface area contributed by atoms with Crippen LogP contribution in [0, 0.1) is 0 Å². The molecule has 0 fully saturated rings. The van der Waals surface area contributed by atoms with Gasteiger partial charge in [-0.05, 0) is 34.7 Å². The van der Waals surface area contributed by atoms with E-state index in [1.807, 2.05) is 24.3 Å².